The van der Waals surface area contributed by atoms with Gasteiger partial charge in [-0.05, 0) is 12.8 Å². The van der Waals surface area contributed by atoms with Crippen molar-refractivity contribution in [1.82, 2.24) is 4.90 Å². The first kappa shape index (κ1) is 19.5. The number of ketones is 1. The van der Waals surface area contributed by atoms with Crippen LogP contribution in [0.4, 0.5) is 0 Å². The molecule has 6 heteroatoms. The fourth-order valence-corrected chi connectivity index (χ4v) is 4.16. The van der Waals surface area contributed by atoms with E-state index in [-0.39, 0.29) is 17.6 Å². The van der Waals surface area contributed by atoms with Crippen LogP contribution in [-0.4, -0.2) is 49.5 Å². The van der Waals surface area contributed by atoms with Crippen molar-refractivity contribution >= 4 is 11.7 Å². The Labute approximate surface area is 160 Å². The molecule has 148 valence electrons. The molecule has 1 aromatic carbocycles. The number of carbonyl (C=O) groups is 2. The number of hydrogen-bond donors (Lipinski definition) is 0. The summed E-state index contributed by atoms with van der Waals surface area (Å²) in [6.07, 6.45) is 3.35. The normalized spacial score (nSPS) is 18.3. The Morgan fingerprint density at radius 1 is 1.19 bits per heavy atom. The lowest BCUT2D eigenvalue weighted by molar-refractivity contribution is -0.139. The largest absolute Gasteiger partial charge is 0.496 e. The summed E-state index contributed by atoms with van der Waals surface area (Å²) in [5.41, 5.74) is -0.0638. The maximum Gasteiger partial charge on any atom is 0.225 e. The molecule has 1 spiro atoms. The van der Waals surface area contributed by atoms with Gasteiger partial charge in [0.1, 0.15) is 28.4 Å². The summed E-state index contributed by atoms with van der Waals surface area (Å²) in [5.74, 6) is 1.92. The summed E-state index contributed by atoms with van der Waals surface area (Å²) in [6, 6.07) is 3.45. The Morgan fingerprint density at radius 3 is 2.41 bits per heavy atom. The molecule has 0 aromatic heterocycles. The highest BCUT2D eigenvalue weighted by Gasteiger charge is 2.45. The Morgan fingerprint density at radius 2 is 1.85 bits per heavy atom. The predicted molar refractivity (Wildman–Crippen MR) is 102 cm³/mol. The summed E-state index contributed by atoms with van der Waals surface area (Å²) in [5, 5.41) is 0. The minimum Gasteiger partial charge on any atom is -0.496 e. The van der Waals surface area contributed by atoms with Gasteiger partial charge in [-0.3, -0.25) is 9.59 Å². The Hall–Kier alpha value is -2.24. The van der Waals surface area contributed by atoms with Gasteiger partial charge in [-0.25, -0.2) is 0 Å². The lowest BCUT2D eigenvalue weighted by Gasteiger charge is -2.44. The van der Waals surface area contributed by atoms with Crippen molar-refractivity contribution < 1.29 is 23.8 Å². The van der Waals surface area contributed by atoms with Crippen molar-refractivity contribution in [2.24, 2.45) is 5.92 Å². The Kier molecular flexibility index (Phi) is 5.63. The van der Waals surface area contributed by atoms with Crippen LogP contribution in [0.5, 0.6) is 17.2 Å². The second-order valence-electron chi connectivity index (χ2n) is 7.43. The molecule has 1 aromatic rings. The fourth-order valence-electron chi connectivity index (χ4n) is 4.16. The van der Waals surface area contributed by atoms with Crippen molar-refractivity contribution in [2.75, 3.05) is 27.3 Å². The van der Waals surface area contributed by atoms with Crippen molar-refractivity contribution in [3.05, 3.63) is 17.7 Å². The minimum atomic E-state index is -0.549. The number of benzene rings is 1. The quantitative estimate of drug-likeness (QED) is 0.788. The molecule has 0 N–H and O–H groups in total. The van der Waals surface area contributed by atoms with Crippen LogP contribution in [0.1, 0.15) is 56.3 Å². The highest BCUT2D eigenvalue weighted by atomic mass is 16.5. The number of amides is 1. The molecule has 2 aliphatic rings. The van der Waals surface area contributed by atoms with Crippen molar-refractivity contribution in [2.45, 2.75) is 51.6 Å². The number of piperidine rings is 1. The third-order valence-electron chi connectivity index (χ3n) is 5.90. The molecule has 1 saturated heterocycles. The summed E-state index contributed by atoms with van der Waals surface area (Å²) in [6.45, 7) is 5.36. The van der Waals surface area contributed by atoms with Gasteiger partial charge in [0.25, 0.3) is 0 Å². The first-order valence-electron chi connectivity index (χ1n) is 9.74. The second-order valence-corrected chi connectivity index (χ2v) is 7.43. The molecule has 2 aliphatic heterocycles. The summed E-state index contributed by atoms with van der Waals surface area (Å²) < 4.78 is 17.0. The molecular formula is C21H29NO5. The minimum absolute atomic E-state index is 0.0236. The van der Waals surface area contributed by atoms with Crippen LogP contribution in [-0.2, 0) is 4.79 Å². The smallest absolute Gasteiger partial charge is 0.225 e. The van der Waals surface area contributed by atoms with Crippen LogP contribution in [0.15, 0.2) is 12.1 Å². The molecule has 0 unspecified atom stereocenters. The van der Waals surface area contributed by atoms with E-state index >= 15 is 0 Å². The van der Waals surface area contributed by atoms with E-state index < -0.39 is 5.60 Å². The Bertz CT molecular complexity index is 718. The van der Waals surface area contributed by atoms with E-state index in [1.54, 1.807) is 19.2 Å². The van der Waals surface area contributed by atoms with Gasteiger partial charge in [-0.2, -0.15) is 0 Å². The van der Waals surface area contributed by atoms with E-state index in [1.165, 1.54) is 7.11 Å². The molecule has 0 radical (unpaired) electrons. The van der Waals surface area contributed by atoms with E-state index in [0.717, 1.165) is 12.8 Å². The van der Waals surface area contributed by atoms with Gasteiger partial charge in [0.05, 0.1) is 20.6 Å². The number of Topliss-reactive ketones (excluding diaryl/α,β-unsaturated/α-hetero) is 1. The highest BCUT2D eigenvalue weighted by Crippen LogP contribution is 2.44. The van der Waals surface area contributed by atoms with Crippen molar-refractivity contribution in [3.8, 4) is 17.2 Å². The third-order valence-corrected chi connectivity index (χ3v) is 5.90. The van der Waals surface area contributed by atoms with E-state index in [9.17, 15) is 9.59 Å². The van der Waals surface area contributed by atoms with Crippen LogP contribution < -0.4 is 14.2 Å². The molecule has 0 saturated carbocycles. The molecule has 6 nitrogen and oxygen atoms in total. The van der Waals surface area contributed by atoms with Crippen LogP contribution in [0.2, 0.25) is 0 Å². The molecule has 0 atom stereocenters. The van der Waals surface area contributed by atoms with Gasteiger partial charge < -0.3 is 19.1 Å². The van der Waals surface area contributed by atoms with Crippen LogP contribution >= 0.6 is 0 Å². The van der Waals surface area contributed by atoms with Crippen LogP contribution in [0, 0.1) is 5.92 Å². The topological polar surface area (TPSA) is 65.1 Å². The number of carbonyl (C=O) groups excluding carboxylic acids is 2. The lowest BCUT2D eigenvalue weighted by Crippen LogP contribution is -2.53. The second kappa shape index (κ2) is 7.79. The number of methoxy groups -OCH3 is 2. The van der Waals surface area contributed by atoms with Gasteiger partial charge in [-0.15, -0.1) is 0 Å². The number of nitrogens with zero attached hydrogens (tertiary/aromatic N) is 1. The first-order valence-corrected chi connectivity index (χ1v) is 9.74. The molecule has 3 rings (SSSR count). The molecule has 1 amide bonds. The molecule has 27 heavy (non-hydrogen) atoms. The zero-order valence-electron chi connectivity index (χ0n) is 16.7. The van der Waals surface area contributed by atoms with Crippen molar-refractivity contribution in [3.63, 3.8) is 0 Å². The van der Waals surface area contributed by atoms with E-state index in [1.807, 2.05) is 4.90 Å². The zero-order valence-corrected chi connectivity index (χ0v) is 16.7. The maximum absolute atomic E-state index is 12.9. The average molecular weight is 375 g/mol. The molecule has 0 bridgehead atoms. The number of fused-ring (bicyclic) bond motifs is 1. The molecule has 0 aliphatic carbocycles. The first-order chi connectivity index (χ1) is 13.0. The van der Waals surface area contributed by atoms with Crippen LogP contribution in [0.25, 0.3) is 0 Å². The highest BCUT2D eigenvalue weighted by molar-refractivity contribution is 6.03. The number of likely N-dealkylation sites (tertiary alicyclic amines) is 1. The molecular weight excluding hydrogens is 346 g/mol. The SMILES string of the molecule is CCC(CC)C(=O)N1CCC2(CC1)CC(=O)c1c(OC)cc(OC)cc1O2. The lowest BCUT2D eigenvalue weighted by atomic mass is 9.82. The van der Waals surface area contributed by atoms with E-state index in [2.05, 4.69) is 13.8 Å². The standard InChI is InChI=1S/C21H29NO5/c1-5-14(6-2)20(24)22-9-7-21(8-10-22)13-16(23)19-17(26-4)11-15(25-3)12-18(19)27-21/h11-12,14H,5-10,13H2,1-4H3. The van der Waals surface area contributed by atoms with Crippen molar-refractivity contribution in [1.29, 1.82) is 0 Å². The van der Waals surface area contributed by atoms with Crippen LogP contribution in [0.3, 0.4) is 0 Å². The average Bonchev–Trinajstić information content (AvgIpc) is 2.68. The molecule has 2 heterocycles. The van der Waals surface area contributed by atoms with Gasteiger partial charge in [-0.1, -0.05) is 13.8 Å². The molecule has 1 fully saturated rings. The third kappa shape index (κ3) is 3.62. The number of rotatable bonds is 5. The summed E-state index contributed by atoms with van der Waals surface area (Å²) in [7, 11) is 3.11. The summed E-state index contributed by atoms with van der Waals surface area (Å²) >= 11 is 0. The Balaban J connectivity index is 1.79. The van der Waals surface area contributed by atoms with E-state index in [4.69, 9.17) is 14.2 Å². The van der Waals surface area contributed by atoms with E-state index in [0.29, 0.717) is 55.2 Å². The zero-order chi connectivity index (χ0) is 19.6. The summed E-state index contributed by atoms with van der Waals surface area (Å²) in [4.78, 5) is 27.4. The monoisotopic (exact) mass is 375 g/mol. The maximum atomic E-state index is 12.9. The van der Waals surface area contributed by atoms with Gasteiger partial charge in [0, 0.05) is 44.0 Å². The fraction of sp³-hybridized carbons (Fsp3) is 0.619. The van der Waals surface area contributed by atoms with Gasteiger partial charge in [0.15, 0.2) is 5.78 Å². The number of ether oxygens (including phenoxy) is 3. The predicted octanol–water partition coefficient (Wildman–Crippen LogP) is 3.47. The number of hydrogen-bond acceptors (Lipinski definition) is 5. The van der Waals surface area contributed by atoms with Gasteiger partial charge in [0.2, 0.25) is 5.91 Å². The van der Waals surface area contributed by atoms with Gasteiger partial charge >= 0.3 is 0 Å².